The third-order valence-corrected chi connectivity index (χ3v) is 3.98. The molecule has 2 heteroatoms. The number of ether oxygens (including phenoxy) is 1. The zero-order valence-electron chi connectivity index (χ0n) is 8.43. The van der Waals surface area contributed by atoms with Crippen LogP contribution in [0.5, 0.6) is 0 Å². The Morgan fingerprint density at radius 1 is 1.23 bits per heavy atom. The van der Waals surface area contributed by atoms with Crippen molar-refractivity contribution in [1.29, 1.82) is 0 Å². The van der Waals surface area contributed by atoms with Gasteiger partial charge in [-0.3, -0.25) is 0 Å². The van der Waals surface area contributed by atoms with Crippen LogP contribution in [0.1, 0.15) is 38.5 Å². The lowest BCUT2D eigenvalue weighted by Gasteiger charge is -2.41. The minimum Gasteiger partial charge on any atom is -0.381 e. The standard InChI is InChI=1S/C11H21NO/c12-8-11(6-3-7-13-9-11)10-4-1-2-5-10/h10H,1-9,12H2. The maximum atomic E-state index is 5.94. The molecule has 0 spiro atoms. The summed E-state index contributed by atoms with van der Waals surface area (Å²) in [6.45, 7) is 2.71. The second-order valence-electron chi connectivity index (χ2n) is 4.70. The molecule has 2 nitrogen and oxygen atoms in total. The summed E-state index contributed by atoms with van der Waals surface area (Å²) in [6.07, 6.45) is 8.11. The van der Waals surface area contributed by atoms with Gasteiger partial charge in [0, 0.05) is 18.6 Å². The number of hydrogen-bond acceptors (Lipinski definition) is 2. The average molecular weight is 183 g/mol. The van der Waals surface area contributed by atoms with Crippen LogP contribution < -0.4 is 5.73 Å². The van der Waals surface area contributed by atoms with Crippen LogP contribution in [0, 0.1) is 11.3 Å². The van der Waals surface area contributed by atoms with Gasteiger partial charge in [0.15, 0.2) is 0 Å². The molecular formula is C11H21NO. The molecule has 1 saturated heterocycles. The van der Waals surface area contributed by atoms with Gasteiger partial charge in [0.1, 0.15) is 0 Å². The zero-order chi connectivity index (χ0) is 9.15. The molecule has 0 aromatic rings. The molecule has 2 fully saturated rings. The highest BCUT2D eigenvalue weighted by molar-refractivity contribution is 4.91. The number of rotatable bonds is 2. The van der Waals surface area contributed by atoms with Gasteiger partial charge in [0.25, 0.3) is 0 Å². The van der Waals surface area contributed by atoms with E-state index in [1.165, 1.54) is 38.5 Å². The fourth-order valence-electron chi connectivity index (χ4n) is 3.06. The number of hydrogen-bond donors (Lipinski definition) is 1. The monoisotopic (exact) mass is 183 g/mol. The molecule has 0 amide bonds. The highest BCUT2D eigenvalue weighted by atomic mass is 16.5. The molecule has 2 aliphatic rings. The van der Waals surface area contributed by atoms with Crippen LogP contribution >= 0.6 is 0 Å². The highest BCUT2D eigenvalue weighted by Gasteiger charge is 2.40. The van der Waals surface area contributed by atoms with E-state index in [9.17, 15) is 0 Å². The smallest absolute Gasteiger partial charge is 0.0537 e. The van der Waals surface area contributed by atoms with E-state index in [-0.39, 0.29) is 0 Å². The normalized spacial score (nSPS) is 36.7. The molecule has 1 atom stereocenters. The lowest BCUT2D eigenvalue weighted by atomic mass is 9.71. The van der Waals surface area contributed by atoms with Gasteiger partial charge in [-0.25, -0.2) is 0 Å². The maximum Gasteiger partial charge on any atom is 0.0537 e. The summed E-state index contributed by atoms with van der Waals surface area (Å²) >= 11 is 0. The Kier molecular flexibility index (Phi) is 2.89. The van der Waals surface area contributed by atoms with Gasteiger partial charge in [-0.05, 0) is 31.6 Å². The summed E-state index contributed by atoms with van der Waals surface area (Å²) in [6, 6.07) is 0. The first kappa shape index (κ1) is 9.47. The molecule has 76 valence electrons. The van der Waals surface area contributed by atoms with E-state index in [2.05, 4.69) is 0 Å². The third-order valence-electron chi connectivity index (χ3n) is 3.98. The fourth-order valence-corrected chi connectivity index (χ4v) is 3.06. The van der Waals surface area contributed by atoms with Crippen molar-refractivity contribution in [2.75, 3.05) is 19.8 Å². The molecular weight excluding hydrogens is 162 g/mol. The quantitative estimate of drug-likeness (QED) is 0.710. The van der Waals surface area contributed by atoms with Crippen molar-refractivity contribution in [3.63, 3.8) is 0 Å². The van der Waals surface area contributed by atoms with Crippen LogP contribution in [0.4, 0.5) is 0 Å². The van der Waals surface area contributed by atoms with Crippen molar-refractivity contribution in [1.82, 2.24) is 0 Å². The van der Waals surface area contributed by atoms with E-state index in [0.717, 1.165) is 25.7 Å². The largest absolute Gasteiger partial charge is 0.381 e. The topological polar surface area (TPSA) is 35.2 Å². The predicted molar refractivity (Wildman–Crippen MR) is 53.5 cm³/mol. The van der Waals surface area contributed by atoms with Crippen LogP contribution in [0.2, 0.25) is 0 Å². The Morgan fingerprint density at radius 3 is 2.54 bits per heavy atom. The second kappa shape index (κ2) is 3.97. The third kappa shape index (κ3) is 1.75. The minimum atomic E-state index is 0.356. The summed E-state index contributed by atoms with van der Waals surface area (Å²) in [5.74, 6) is 0.859. The molecule has 1 heterocycles. The van der Waals surface area contributed by atoms with Crippen LogP contribution in [0.3, 0.4) is 0 Å². The van der Waals surface area contributed by atoms with Gasteiger partial charge in [0.05, 0.1) is 6.61 Å². The van der Waals surface area contributed by atoms with Gasteiger partial charge < -0.3 is 10.5 Å². The first-order valence-electron chi connectivity index (χ1n) is 5.65. The zero-order valence-corrected chi connectivity index (χ0v) is 8.43. The van der Waals surface area contributed by atoms with Crippen molar-refractivity contribution in [3.8, 4) is 0 Å². The Balaban J connectivity index is 2.03. The average Bonchev–Trinajstić information content (AvgIpc) is 2.72. The van der Waals surface area contributed by atoms with Gasteiger partial charge in [-0.2, -0.15) is 0 Å². The first-order valence-corrected chi connectivity index (χ1v) is 5.65. The van der Waals surface area contributed by atoms with Gasteiger partial charge in [-0.1, -0.05) is 12.8 Å². The molecule has 2 rings (SSSR count). The first-order chi connectivity index (χ1) is 6.37. The van der Waals surface area contributed by atoms with Crippen LogP contribution in [-0.2, 0) is 4.74 Å². The molecule has 0 aromatic heterocycles. The van der Waals surface area contributed by atoms with E-state index in [0.29, 0.717) is 5.41 Å². The molecule has 2 N–H and O–H groups in total. The predicted octanol–water partition coefficient (Wildman–Crippen LogP) is 1.93. The minimum absolute atomic E-state index is 0.356. The van der Waals surface area contributed by atoms with Gasteiger partial charge in [0.2, 0.25) is 0 Å². The highest BCUT2D eigenvalue weighted by Crippen LogP contribution is 2.44. The summed E-state index contributed by atoms with van der Waals surface area (Å²) < 4.78 is 5.61. The molecule has 0 radical (unpaired) electrons. The Hall–Kier alpha value is -0.0800. The SMILES string of the molecule is NCC1(C2CCCC2)CCCOC1. The molecule has 1 saturated carbocycles. The van der Waals surface area contributed by atoms with Crippen molar-refractivity contribution in [3.05, 3.63) is 0 Å². The Labute approximate surface area is 80.8 Å². The molecule has 1 aliphatic carbocycles. The lowest BCUT2D eigenvalue weighted by Crippen LogP contribution is -2.43. The summed E-state index contributed by atoms with van der Waals surface area (Å²) in [5, 5.41) is 0. The summed E-state index contributed by atoms with van der Waals surface area (Å²) in [5.41, 5.74) is 6.29. The Bertz CT molecular complexity index is 157. The summed E-state index contributed by atoms with van der Waals surface area (Å²) in [7, 11) is 0. The molecule has 1 aliphatic heterocycles. The van der Waals surface area contributed by atoms with E-state index >= 15 is 0 Å². The fraction of sp³-hybridized carbons (Fsp3) is 1.00. The van der Waals surface area contributed by atoms with E-state index in [4.69, 9.17) is 10.5 Å². The number of nitrogens with two attached hydrogens (primary N) is 1. The van der Waals surface area contributed by atoms with Gasteiger partial charge >= 0.3 is 0 Å². The van der Waals surface area contributed by atoms with Crippen LogP contribution in [0.25, 0.3) is 0 Å². The Morgan fingerprint density at radius 2 is 2.00 bits per heavy atom. The van der Waals surface area contributed by atoms with Crippen LogP contribution in [0.15, 0.2) is 0 Å². The van der Waals surface area contributed by atoms with Gasteiger partial charge in [-0.15, -0.1) is 0 Å². The van der Waals surface area contributed by atoms with Crippen molar-refractivity contribution in [2.45, 2.75) is 38.5 Å². The summed E-state index contributed by atoms with van der Waals surface area (Å²) in [4.78, 5) is 0. The van der Waals surface area contributed by atoms with E-state index in [1.54, 1.807) is 0 Å². The molecule has 0 bridgehead atoms. The molecule has 13 heavy (non-hydrogen) atoms. The lowest BCUT2D eigenvalue weighted by molar-refractivity contribution is -0.0356. The second-order valence-corrected chi connectivity index (χ2v) is 4.70. The van der Waals surface area contributed by atoms with E-state index in [1.807, 2.05) is 0 Å². The van der Waals surface area contributed by atoms with E-state index < -0.39 is 0 Å². The molecule has 1 unspecified atom stereocenters. The molecule has 0 aromatic carbocycles. The van der Waals surface area contributed by atoms with Crippen LogP contribution in [-0.4, -0.2) is 19.8 Å². The van der Waals surface area contributed by atoms with Crippen molar-refractivity contribution >= 4 is 0 Å². The maximum absolute atomic E-state index is 5.94. The van der Waals surface area contributed by atoms with Crippen molar-refractivity contribution < 1.29 is 4.74 Å². The van der Waals surface area contributed by atoms with Crippen molar-refractivity contribution in [2.24, 2.45) is 17.1 Å².